The van der Waals surface area contributed by atoms with E-state index in [-0.39, 0.29) is 10.8 Å². The second kappa shape index (κ2) is 7.88. The lowest BCUT2D eigenvalue weighted by atomic mass is 10.2. The summed E-state index contributed by atoms with van der Waals surface area (Å²) < 4.78 is 71.7. The third kappa shape index (κ3) is 4.95. The minimum atomic E-state index is -5.94. The molecule has 28 heavy (non-hydrogen) atoms. The van der Waals surface area contributed by atoms with Gasteiger partial charge in [-0.15, -0.1) is 0 Å². The zero-order chi connectivity index (χ0) is 21.3. The highest BCUT2D eigenvalue weighted by molar-refractivity contribution is 9.10. The van der Waals surface area contributed by atoms with Crippen LogP contribution < -0.4 is 14.1 Å². The normalized spacial score (nSPS) is 12.5. The van der Waals surface area contributed by atoms with Crippen LogP contribution in [-0.2, 0) is 10.1 Å². The Morgan fingerprint density at radius 2 is 1.64 bits per heavy atom. The monoisotopic (exact) mass is 496 g/mol. The molecule has 0 spiro atoms. The van der Waals surface area contributed by atoms with Gasteiger partial charge in [0.15, 0.2) is 11.5 Å². The van der Waals surface area contributed by atoms with E-state index < -0.39 is 41.2 Å². The topological polar surface area (TPSA) is 69.7 Å². The fourth-order valence-electron chi connectivity index (χ4n) is 2.21. The van der Waals surface area contributed by atoms with Crippen molar-refractivity contribution in [3.05, 3.63) is 52.5 Å². The number of ether oxygens (including phenoxy) is 1. The third-order valence-electron chi connectivity index (χ3n) is 3.56. The standard InChI is InChI=1S/C17H16BrF3O5SSi/c1-28(2,3)14-10-6-9-13(15(14)26-27(23,24)17(19,20)21)25-16(22)11-7-4-5-8-12(11)18/h4-10H,1-3H3. The van der Waals surface area contributed by atoms with Crippen LogP contribution in [0.3, 0.4) is 0 Å². The van der Waals surface area contributed by atoms with Crippen molar-refractivity contribution in [2.45, 2.75) is 25.1 Å². The van der Waals surface area contributed by atoms with Gasteiger partial charge >= 0.3 is 21.6 Å². The van der Waals surface area contributed by atoms with Gasteiger partial charge in [0.05, 0.1) is 13.6 Å². The first-order chi connectivity index (χ1) is 12.7. The molecule has 0 aromatic heterocycles. The van der Waals surface area contributed by atoms with Gasteiger partial charge in [-0.25, -0.2) is 4.79 Å². The maximum absolute atomic E-state index is 12.8. The molecule has 0 N–H and O–H groups in total. The number of rotatable bonds is 5. The number of halogens is 4. The largest absolute Gasteiger partial charge is 0.534 e. The van der Waals surface area contributed by atoms with Crippen molar-refractivity contribution in [1.29, 1.82) is 0 Å². The summed E-state index contributed by atoms with van der Waals surface area (Å²) in [6, 6.07) is 10.4. The lowest BCUT2D eigenvalue weighted by molar-refractivity contribution is -0.0500. The number of hydrogen-bond donors (Lipinski definition) is 0. The van der Waals surface area contributed by atoms with Gasteiger partial charge in [0.25, 0.3) is 0 Å². The van der Waals surface area contributed by atoms with E-state index in [1.165, 1.54) is 24.3 Å². The van der Waals surface area contributed by atoms with Gasteiger partial charge in [0.1, 0.15) is 0 Å². The van der Waals surface area contributed by atoms with E-state index in [4.69, 9.17) is 4.74 Å². The molecular formula is C17H16BrF3O5SSi. The Morgan fingerprint density at radius 1 is 1.04 bits per heavy atom. The van der Waals surface area contributed by atoms with Gasteiger partial charge in [-0.05, 0) is 39.3 Å². The smallest absolute Gasteiger partial charge is 0.419 e. The SMILES string of the molecule is C[Si](C)(C)c1cccc(OC(=O)c2ccccc2Br)c1OS(=O)(=O)C(F)(F)F. The summed E-state index contributed by atoms with van der Waals surface area (Å²) in [5.41, 5.74) is -5.51. The van der Waals surface area contributed by atoms with Crippen LogP contribution in [0.4, 0.5) is 13.2 Å². The number of hydrogen-bond acceptors (Lipinski definition) is 5. The van der Waals surface area contributed by atoms with Gasteiger partial charge in [0, 0.05) is 4.47 Å². The summed E-state index contributed by atoms with van der Waals surface area (Å²) in [4.78, 5) is 12.4. The molecule has 0 unspecified atom stereocenters. The molecular weight excluding hydrogens is 481 g/mol. The fourth-order valence-corrected chi connectivity index (χ4v) is 4.67. The van der Waals surface area contributed by atoms with Crippen molar-refractivity contribution in [3.8, 4) is 11.5 Å². The van der Waals surface area contributed by atoms with Crippen LogP contribution in [0.15, 0.2) is 46.9 Å². The Bertz CT molecular complexity index is 1000. The molecule has 2 aromatic carbocycles. The van der Waals surface area contributed by atoms with Crippen molar-refractivity contribution in [1.82, 2.24) is 0 Å². The van der Waals surface area contributed by atoms with Gasteiger partial charge in [-0.3, -0.25) is 0 Å². The molecule has 0 heterocycles. The summed E-state index contributed by atoms with van der Waals surface area (Å²) >= 11 is 3.18. The molecule has 0 radical (unpaired) electrons. The Balaban J connectivity index is 2.56. The molecule has 11 heteroatoms. The van der Waals surface area contributed by atoms with E-state index in [0.29, 0.717) is 4.47 Å². The number of alkyl halides is 3. The molecule has 0 saturated heterocycles. The fraction of sp³-hybridized carbons (Fsp3) is 0.235. The van der Waals surface area contributed by atoms with Crippen LogP contribution in [0.25, 0.3) is 0 Å². The van der Waals surface area contributed by atoms with Crippen molar-refractivity contribution < 1.29 is 35.3 Å². The van der Waals surface area contributed by atoms with Crippen LogP contribution in [0.2, 0.25) is 19.6 Å². The highest BCUT2D eigenvalue weighted by Gasteiger charge is 2.49. The zero-order valence-corrected chi connectivity index (χ0v) is 18.4. The van der Waals surface area contributed by atoms with Crippen molar-refractivity contribution in [3.63, 3.8) is 0 Å². The first-order valence-corrected chi connectivity index (χ1v) is 13.5. The summed E-state index contributed by atoms with van der Waals surface area (Å²) in [7, 11) is -8.31. The Hall–Kier alpha value is -1.85. The lowest BCUT2D eigenvalue weighted by Gasteiger charge is -2.22. The van der Waals surface area contributed by atoms with Crippen LogP contribution in [0, 0.1) is 0 Å². The first-order valence-electron chi connectivity index (χ1n) is 7.85. The van der Waals surface area contributed by atoms with Gasteiger partial charge < -0.3 is 8.92 Å². The summed E-state index contributed by atoms with van der Waals surface area (Å²) in [6.45, 7) is 5.36. The average Bonchev–Trinajstić information content (AvgIpc) is 2.54. The molecule has 0 bridgehead atoms. The number of esters is 1. The Morgan fingerprint density at radius 3 is 2.18 bits per heavy atom. The minimum Gasteiger partial charge on any atom is -0.419 e. The molecule has 152 valence electrons. The van der Waals surface area contributed by atoms with Crippen molar-refractivity contribution >= 4 is 45.3 Å². The van der Waals surface area contributed by atoms with Crippen molar-refractivity contribution in [2.24, 2.45) is 0 Å². The molecule has 0 amide bonds. The van der Waals surface area contributed by atoms with Crippen LogP contribution >= 0.6 is 15.9 Å². The molecule has 0 aliphatic heterocycles. The van der Waals surface area contributed by atoms with Crippen LogP contribution in [0.5, 0.6) is 11.5 Å². The highest BCUT2D eigenvalue weighted by Crippen LogP contribution is 2.34. The number of carbonyl (C=O) groups excluding carboxylic acids is 1. The molecule has 0 fully saturated rings. The second-order valence-electron chi connectivity index (χ2n) is 6.74. The van der Waals surface area contributed by atoms with E-state index in [9.17, 15) is 26.4 Å². The molecule has 0 aliphatic carbocycles. The summed E-state index contributed by atoms with van der Waals surface area (Å²) in [6.07, 6.45) is 0. The van der Waals surface area contributed by atoms with E-state index >= 15 is 0 Å². The highest BCUT2D eigenvalue weighted by atomic mass is 79.9. The predicted molar refractivity (Wildman–Crippen MR) is 104 cm³/mol. The molecule has 2 rings (SSSR count). The predicted octanol–water partition coefficient (Wildman–Crippen LogP) is 4.44. The molecule has 0 atom stereocenters. The molecule has 5 nitrogen and oxygen atoms in total. The summed E-state index contributed by atoms with van der Waals surface area (Å²) in [5, 5.41) is 0.262. The Labute approximate surface area is 169 Å². The van der Waals surface area contributed by atoms with Gasteiger partial charge in [-0.2, -0.15) is 21.6 Å². The lowest BCUT2D eigenvalue weighted by Crippen LogP contribution is -2.40. The second-order valence-corrected chi connectivity index (χ2v) is 14.2. The maximum atomic E-state index is 12.8. The molecule has 0 saturated carbocycles. The van der Waals surface area contributed by atoms with Crippen molar-refractivity contribution in [2.75, 3.05) is 0 Å². The quantitative estimate of drug-likeness (QED) is 0.201. The van der Waals surface area contributed by atoms with E-state index in [1.807, 2.05) is 0 Å². The number of para-hydroxylation sites is 1. The third-order valence-corrected chi connectivity index (χ3v) is 7.21. The molecule has 2 aromatic rings. The van der Waals surface area contributed by atoms with Gasteiger partial charge in [-0.1, -0.05) is 43.9 Å². The zero-order valence-electron chi connectivity index (χ0n) is 15.0. The van der Waals surface area contributed by atoms with Crippen LogP contribution in [-0.4, -0.2) is 28.0 Å². The van der Waals surface area contributed by atoms with E-state index in [2.05, 4.69) is 20.1 Å². The minimum absolute atomic E-state index is 0.116. The average molecular weight is 497 g/mol. The number of benzene rings is 2. The van der Waals surface area contributed by atoms with Gasteiger partial charge in [0.2, 0.25) is 0 Å². The van der Waals surface area contributed by atoms with E-state index in [0.717, 1.165) is 0 Å². The maximum Gasteiger partial charge on any atom is 0.534 e. The number of carbonyl (C=O) groups is 1. The molecule has 0 aliphatic rings. The summed E-state index contributed by atoms with van der Waals surface area (Å²) in [5.74, 6) is -1.91. The van der Waals surface area contributed by atoms with Crippen LogP contribution in [0.1, 0.15) is 10.4 Å². The van der Waals surface area contributed by atoms with E-state index in [1.54, 1.807) is 37.8 Å². The Kier molecular flexibility index (Phi) is 6.31. The first kappa shape index (κ1) is 22.4.